The molecule has 26 heavy (non-hydrogen) atoms. The van der Waals surface area contributed by atoms with Crippen molar-refractivity contribution in [3.8, 4) is 11.5 Å². The Morgan fingerprint density at radius 1 is 1.35 bits per heavy atom. The molecule has 0 radical (unpaired) electrons. The van der Waals surface area contributed by atoms with Gasteiger partial charge in [-0.15, -0.1) is 0 Å². The summed E-state index contributed by atoms with van der Waals surface area (Å²) < 4.78 is 6.98. The molecule has 0 saturated carbocycles. The molecule has 1 atom stereocenters. The average molecular weight is 354 g/mol. The number of rotatable bonds is 6. The van der Waals surface area contributed by atoms with Crippen molar-refractivity contribution in [1.29, 1.82) is 0 Å². The van der Waals surface area contributed by atoms with E-state index in [4.69, 9.17) is 4.52 Å². The van der Waals surface area contributed by atoms with Gasteiger partial charge in [0.25, 0.3) is 0 Å². The Morgan fingerprint density at radius 3 is 2.81 bits per heavy atom. The third-order valence-electron chi connectivity index (χ3n) is 4.26. The van der Waals surface area contributed by atoms with Crippen molar-refractivity contribution < 1.29 is 9.32 Å². The molecule has 0 aromatic carbocycles. The minimum absolute atomic E-state index is 0.151. The topological polar surface area (TPSA) is 98.7 Å². The third-order valence-corrected chi connectivity index (χ3v) is 4.26. The molecule has 0 fully saturated rings. The SMILES string of the molecule is CCc1c(C)nn(CC(=O)NC(C)c2nc(-c3ccccn3)no2)c1C. The molecule has 0 spiro atoms. The molecule has 0 aliphatic carbocycles. The second-order valence-corrected chi connectivity index (χ2v) is 6.12. The highest BCUT2D eigenvalue weighted by molar-refractivity contribution is 5.76. The van der Waals surface area contributed by atoms with E-state index in [0.717, 1.165) is 17.8 Å². The van der Waals surface area contributed by atoms with E-state index in [2.05, 4.69) is 32.5 Å². The largest absolute Gasteiger partial charge is 0.343 e. The molecular formula is C18H22N6O2. The molecule has 8 heteroatoms. The zero-order valence-corrected chi connectivity index (χ0v) is 15.4. The van der Waals surface area contributed by atoms with Gasteiger partial charge in [-0.05, 0) is 44.9 Å². The van der Waals surface area contributed by atoms with E-state index >= 15 is 0 Å². The van der Waals surface area contributed by atoms with E-state index in [0.29, 0.717) is 17.4 Å². The molecule has 0 bridgehead atoms. The van der Waals surface area contributed by atoms with Gasteiger partial charge in [-0.1, -0.05) is 18.1 Å². The smallest absolute Gasteiger partial charge is 0.249 e. The zero-order valence-electron chi connectivity index (χ0n) is 15.4. The van der Waals surface area contributed by atoms with Crippen LogP contribution in [-0.4, -0.2) is 30.8 Å². The van der Waals surface area contributed by atoms with Gasteiger partial charge in [0, 0.05) is 11.9 Å². The van der Waals surface area contributed by atoms with E-state index in [-0.39, 0.29) is 12.5 Å². The van der Waals surface area contributed by atoms with Crippen LogP contribution in [-0.2, 0) is 17.8 Å². The summed E-state index contributed by atoms with van der Waals surface area (Å²) in [6.45, 7) is 7.97. The van der Waals surface area contributed by atoms with E-state index in [1.807, 2.05) is 26.0 Å². The van der Waals surface area contributed by atoms with Crippen LogP contribution in [0.5, 0.6) is 0 Å². The molecule has 136 valence electrons. The number of nitrogens with zero attached hydrogens (tertiary/aromatic N) is 5. The van der Waals surface area contributed by atoms with Gasteiger partial charge in [-0.3, -0.25) is 14.5 Å². The molecule has 3 aromatic rings. The van der Waals surface area contributed by atoms with E-state index in [1.54, 1.807) is 23.9 Å². The predicted octanol–water partition coefficient (Wildman–Crippen LogP) is 2.38. The fourth-order valence-corrected chi connectivity index (χ4v) is 2.89. The number of amides is 1. The number of pyridine rings is 1. The maximum Gasteiger partial charge on any atom is 0.249 e. The van der Waals surface area contributed by atoms with Crippen molar-refractivity contribution in [2.24, 2.45) is 0 Å². The quantitative estimate of drug-likeness (QED) is 0.730. The van der Waals surface area contributed by atoms with Crippen LogP contribution in [0.1, 0.15) is 42.7 Å². The molecule has 3 aromatic heterocycles. The van der Waals surface area contributed by atoms with Gasteiger partial charge >= 0.3 is 0 Å². The molecule has 0 saturated heterocycles. The first-order valence-corrected chi connectivity index (χ1v) is 8.56. The summed E-state index contributed by atoms with van der Waals surface area (Å²) in [5.41, 5.74) is 3.78. The molecule has 3 heterocycles. The molecular weight excluding hydrogens is 332 g/mol. The Kier molecular flexibility index (Phi) is 5.11. The van der Waals surface area contributed by atoms with Crippen molar-refractivity contribution in [2.45, 2.75) is 46.7 Å². The third kappa shape index (κ3) is 3.63. The van der Waals surface area contributed by atoms with E-state index < -0.39 is 6.04 Å². The molecule has 1 N–H and O–H groups in total. The highest BCUT2D eigenvalue weighted by Crippen LogP contribution is 2.17. The molecule has 1 unspecified atom stereocenters. The second-order valence-electron chi connectivity index (χ2n) is 6.12. The average Bonchev–Trinajstić information content (AvgIpc) is 3.21. The molecule has 3 rings (SSSR count). The first-order valence-electron chi connectivity index (χ1n) is 8.56. The summed E-state index contributed by atoms with van der Waals surface area (Å²) in [5.74, 6) is 0.567. The predicted molar refractivity (Wildman–Crippen MR) is 95.2 cm³/mol. The lowest BCUT2D eigenvalue weighted by atomic mass is 10.1. The van der Waals surface area contributed by atoms with Crippen molar-refractivity contribution >= 4 is 5.91 Å². The lowest BCUT2D eigenvalue weighted by Crippen LogP contribution is -2.31. The summed E-state index contributed by atoms with van der Waals surface area (Å²) in [6.07, 6.45) is 2.56. The summed E-state index contributed by atoms with van der Waals surface area (Å²) in [5, 5.41) is 11.2. The minimum Gasteiger partial charge on any atom is -0.343 e. The number of carbonyl (C=O) groups is 1. The van der Waals surface area contributed by atoms with Crippen molar-refractivity contribution in [3.05, 3.63) is 47.2 Å². The Labute approximate surface area is 151 Å². The lowest BCUT2D eigenvalue weighted by Gasteiger charge is -2.10. The van der Waals surface area contributed by atoms with Crippen LogP contribution in [0, 0.1) is 13.8 Å². The number of nitrogens with one attached hydrogen (secondary N) is 1. The summed E-state index contributed by atoms with van der Waals surface area (Å²) >= 11 is 0. The minimum atomic E-state index is -0.407. The number of hydrogen-bond acceptors (Lipinski definition) is 6. The van der Waals surface area contributed by atoms with Gasteiger partial charge < -0.3 is 9.84 Å². The van der Waals surface area contributed by atoms with Gasteiger partial charge in [0.05, 0.1) is 5.69 Å². The van der Waals surface area contributed by atoms with E-state index in [1.165, 1.54) is 5.56 Å². The van der Waals surface area contributed by atoms with Gasteiger partial charge in [-0.2, -0.15) is 10.1 Å². The van der Waals surface area contributed by atoms with Gasteiger partial charge in [0.15, 0.2) is 0 Å². The van der Waals surface area contributed by atoms with Gasteiger partial charge in [-0.25, -0.2) is 0 Å². The number of aryl methyl sites for hydroxylation is 1. The fraction of sp³-hybridized carbons (Fsp3) is 0.389. The summed E-state index contributed by atoms with van der Waals surface area (Å²) in [4.78, 5) is 20.9. The van der Waals surface area contributed by atoms with Gasteiger partial charge in [0.2, 0.25) is 17.6 Å². The van der Waals surface area contributed by atoms with Crippen LogP contribution < -0.4 is 5.32 Å². The molecule has 0 aliphatic rings. The lowest BCUT2D eigenvalue weighted by molar-refractivity contribution is -0.122. The second kappa shape index (κ2) is 7.47. The van der Waals surface area contributed by atoms with Crippen LogP contribution >= 0.6 is 0 Å². The highest BCUT2D eigenvalue weighted by Gasteiger charge is 2.19. The first kappa shape index (κ1) is 17.8. The maximum absolute atomic E-state index is 12.4. The van der Waals surface area contributed by atoms with Crippen molar-refractivity contribution in [1.82, 2.24) is 30.2 Å². The first-order chi connectivity index (χ1) is 12.5. The van der Waals surface area contributed by atoms with Crippen molar-refractivity contribution in [3.63, 3.8) is 0 Å². The Morgan fingerprint density at radius 2 is 2.15 bits per heavy atom. The standard InChI is InChI=1S/C18H22N6O2/c1-5-14-11(2)22-24(13(14)4)10-16(25)20-12(3)18-21-17(23-26-18)15-8-6-7-9-19-15/h6-9,12H,5,10H2,1-4H3,(H,20,25). The zero-order chi connectivity index (χ0) is 18.7. The Balaban J connectivity index is 1.66. The fourth-order valence-electron chi connectivity index (χ4n) is 2.89. The number of hydrogen-bond donors (Lipinski definition) is 1. The molecule has 8 nitrogen and oxygen atoms in total. The van der Waals surface area contributed by atoms with Crippen LogP contribution in [0.15, 0.2) is 28.9 Å². The summed E-state index contributed by atoms with van der Waals surface area (Å²) in [7, 11) is 0. The maximum atomic E-state index is 12.4. The van der Waals surface area contributed by atoms with Crippen LogP contribution in [0.2, 0.25) is 0 Å². The Hall–Kier alpha value is -3.03. The van der Waals surface area contributed by atoms with Crippen molar-refractivity contribution in [2.75, 3.05) is 0 Å². The Bertz CT molecular complexity index is 900. The van der Waals surface area contributed by atoms with Crippen LogP contribution in [0.4, 0.5) is 0 Å². The number of carbonyl (C=O) groups excluding carboxylic acids is 1. The van der Waals surface area contributed by atoms with Crippen LogP contribution in [0.25, 0.3) is 11.5 Å². The monoisotopic (exact) mass is 354 g/mol. The molecule has 0 aliphatic heterocycles. The normalized spacial score (nSPS) is 12.2. The highest BCUT2D eigenvalue weighted by atomic mass is 16.5. The van der Waals surface area contributed by atoms with Gasteiger partial charge in [0.1, 0.15) is 18.3 Å². The number of aromatic nitrogens is 5. The van der Waals surface area contributed by atoms with Crippen LogP contribution in [0.3, 0.4) is 0 Å². The van der Waals surface area contributed by atoms with E-state index in [9.17, 15) is 4.79 Å². The molecule has 1 amide bonds. The summed E-state index contributed by atoms with van der Waals surface area (Å²) in [6, 6.07) is 5.06.